The highest BCUT2D eigenvalue weighted by Gasteiger charge is 2.14. The first kappa shape index (κ1) is 15.7. The zero-order chi connectivity index (χ0) is 14.7. The third kappa shape index (κ3) is 3.29. The quantitative estimate of drug-likeness (QED) is 0.719. The zero-order valence-corrected chi connectivity index (χ0v) is 15.2. The second kappa shape index (κ2) is 6.82. The van der Waals surface area contributed by atoms with Gasteiger partial charge >= 0.3 is 0 Å². The molecule has 20 heavy (non-hydrogen) atoms. The number of hydrogen-bond donors (Lipinski definition) is 1. The number of nitrogens with one attached hydrogen (secondary N) is 1. The SMILES string of the molecule is CNc1nc(-c2ccc(Br)cc2C)nc(COC)c1I. The first-order chi connectivity index (χ1) is 9.56. The lowest BCUT2D eigenvalue weighted by atomic mass is 10.1. The van der Waals surface area contributed by atoms with E-state index in [1.807, 2.05) is 19.2 Å². The summed E-state index contributed by atoms with van der Waals surface area (Å²) in [4.78, 5) is 9.23. The number of rotatable bonds is 4. The maximum atomic E-state index is 5.22. The normalized spacial score (nSPS) is 10.7. The van der Waals surface area contributed by atoms with Crippen LogP contribution >= 0.6 is 38.5 Å². The van der Waals surface area contributed by atoms with Gasteiger partial charge in [-0.2, -0.15) is 0 Å². The van der Waals surface area contributed by atoms with Crippen molar-refractivity contribution in [2.45, 2.75) is 13.5 Å². The summed E-state index contributed by atoms with van der Waals surface area (Å²) in [6, 6.07) is 6.09. The number of nitrogens with zero attached hydrogens (tertiary/aromatic N) is 2. The number of methoxy groups -OCH3 is 1. The Kier molecular flexibility index (Phi) is 5.34. The van der Waals surface area contributed by atoms with Gasteiger partial charge < -0.3 is 10.1 Å². The second-order valence-electron chi connectivity index (χ2n) is 4.30. The summed E-state index contributed by atoms with van der Waals surface area (Å²) in [7, 11) is 3.53. The summed E-state index contributed by atoms with van der Waals surface area (Å²) in [5.41, 5.74) is 3.05. The average Bonchev–Trinajstić information content (AvgIpc) is 2.41. The van der Waals surface area contributed by atoms with Gasteiger partial charge in [-0.25, -0.2) is 9.97 Å². The Morgan fingerprint density at radius 1 is 1.35 bits per heavy atom. The number of benzene rings is 1. The van der Waals surface area contributed by atoms with E-state index >= 15 is 0 Å². The average molecular weight is 448 g/mol. The van der Waals surface area contributed by atoms with Crippen LogP contribution in [0.4, 0.5) is 5.82 Å². The fraction of sp³-hybridized carbons (Fsp3) is 0.286. The van der Waals surface area contributed by atoms with Crippen LogP contribution in [0.5, 0.6) is 0 Å². The number of hydrogen-bond acceptors (Lipinski definition) is 4. The highest BCUT2D eigenvalue weighted by molar-refractivity contribution is 14.1. The highest BCUT2D eigenvalue weighted by atomic mass is 127. The molecule has 0 bridgehead atoms. The van der Waals surface area contributed by atoms with E-state index in [-0.39, 0.29) is 0 Å². The van der Waals surface area contributed by atoms with Crippen molar-refractivity contribution in [3.05, 3.63) is 37.5 Å². The van der Waals surface area contributed by atoms with Gasteiger partial charge in [0, 0.05) is 24.2 Å². The van der Waals surface area contributed by atoms with Gasteiger partial charge in [-0.1, -0.05) is 15.9 Å². The molecule has 0 aliphatic rings. The van der Waals surface area contributed by atoms with Crippen LogP contribution in [0.15, 0.2) is 22.7 Å². The molecular weight excluding hydrogens is 433 g/mol. The smallest absolute Gasteiger partial charge is 0.162 e. The maximum Gasteiger partial charge on any atom is 0.162 e. The summed E-state index contributed by atoms with van der Waals surface area (Å²) in [5.74, 6) is 1.54. The van der Waals surface area contributed by atoms with E-state index in [0.717, 1.165) is 30.7 Å². The Labute approximate surface area is 140 Å². The van der Waals surface area contributed by atoms with Crippen molar-refractivity contribution in [2.24, 2.45) is 0 Å². The summed E-state index contributed by atoms with van der Waals surface area (Å²) in [5, 5.41) is 3.11. The van der Waals surface area contributed by atoms with Crippen molar-refractivity contribution in [1.82, 2.24) is 9.97 Å². The van der Waals surface area contributed by atoms with Crippen molar-refractivity contribution in [1.29, 1.82) is 0 Å². The third-order valence-corrected chi connectivity index (χ3v) is 4.49. The topological polar surface area (TPSA) is 47.0 Å². The molecule has 4 nitrogen and oxygen atoms in total. The molecule has 2 aromatic rings. The molecule has 1 aromatic heterocycles. The molecule has 2 rings (SSSR count). The Balaban J connectivity index is 2.58. The standard InChI is InChI=1S/C14H15BrIN3O/c1-8-6-9(15)4-5-10(8)13-18-11(7-20-3)12(16)14(17-2)19-13/h4-6H,7H2,1-3H3,(H,17,18,19). The number of aryl methyl sites for hydroxylation is 1. The predicted octanol–water partition coefficient (Wildman–Crippen LogP) is 4.01. The molecule has 0 aliphatic carbocycles. The monoisotopic (exact) mass is 447 g/mol. The Bertz CT molecular complexity index is 634. The summed E-state index contributed by atoms with van der Waals surface area (Å²) in [6.07, 6.45) is 0. The molecule has 0 saturated carbocycles. The van der Waals surface area contributed by atoms with Gasteiger partial charge in [0.1, 0.15) is 5.82 Å². The molecule has 0 atom stereocenters. The largest absolute Gasteiger partial charge is 0.378 e. The number of halogens is 2. The van der Waals surface area contributed by atoms with Gasteiger partial charge in [0.2, 0.25) is 0 Å². The minimum Gasteiger partial charge on any atom is -0.378 e. The van der Waals surface area contributed by atoms with E-state index in [9.17, 15) is 0 Å². The third-order valence-electron chi connectivity index (χ3n) is 2.87. The molecule has 0 amide bonds. The molecule has 0 fully saturated rings. The Hall–Kier alpha value is -0.730. The van der Waals surface area contributed by atoms with Crippen LogP contribution in [0.3, 0.4) is 0 Å². The van der Waals surface area contributed by atoms with Crippen LogP contribution in [-0.2, 0) is 11.3 Å². The van der Waals surface area contributed by atoms with Crippen LogP contribution in [0.2, 0.25) is 0 Å². The molecule has 1 heterocycles. The van der Waals surface area contributed by atoms with E-state index in [0.29, 0.717) is 12.4 Å². The minimum atomic E-state index is 0.470. The van der Waals surface area contributed by atoms with Gasteiger partial charge in [-0.3, -0.25) is 0 Å². The predicted molar refractivity (Wildman–Crippen MR) is 92.9 cm³/mol. The minimum absolute atomic E-state index is 0.470. The summed E-state index contributed by atoms with van der Waals surface area (Å²) < 4.78 is 7.26. The van der Waals surface area contributed by atoms with Gasteiger partial charge in [-0.05, 0) is 53.3 Å². The maximum absolute atomic E-state index is 5.22. The molecule has 0 spiro atoms. The first-order valence-corrected chi connectivity index (χ1v) is 7.93. The van der Waals surface area contributed by atoms with Crippen LogP contribution < -0.4 is 5.32 Å². The molecule has 0 radical (unpaired) electrons. The van der Waals surface area contributed by atoms with Crippen molar-refractivity contribution in [3.8, 4) is 11.4 Å². The molecule has 1 aromatic carbocycles. The van der Waals surface area contributed by atoms with E-state index in [2.05, 4.69) is 66.8 Å². The molecule has 6 heteroatoms. The van der Waals surface area contributed by atoms with Crippen molar-refractivity contribution < 1.29 is 4.74 Å². The van der Waals surface area contributed by atoms with E-state index in [1.165, 1.54) is 0 Å². The highest BCUT2D eigenvalue weighted by Crippen LogP contribution is 2.27. The molecule has 0 saturated heterocycles. The lowest BCUT2D eigenvalue weighted by molar-refractivity contribution is 0.181. The molecule has 0 aliphatic heterocycles. The Morgan fingerprint density at radius 3 is 2.70 bits per heavy atom. The zero-order valence-electron chi connectivity index (χ0n) is 11.5. The van der Waals surface area contributed by atoms with Crippen LogP contribution in [-0.4, -0.2) is 24.1 Å². The van der Waals surface area contributed by atoms with E-state index < -0.39 is 0 Å². The summed E-state index contributed by atoms with van der Waals surface area (Å²) in [6.45, 7) is 2.52. The van der Waals surface area contributed by atoms with Crippen LogP contribution in [0.1, 0.15) is 11.3 Å². The van der Waals surface area contributed by atoms with E-state index in [1.54, 1.807) is 7.11 Å². The van der Waals surface area contributed by atoms with Crippen molar-refractivity contribution in [3.63, 3.8) is 0 Å². The Morgan fingerprint density at radius 2 is 2.10 bits per heavy atom. The fourth-order valence-corrected chi connectivity index (χ4v) is 3.03. The lowest BCUT2D eigenvalue weighted by Gasteiger charge is -2.12. The van der Waals surface area contributed by atoms with E-state index in [4.69, 9.17) is 4.74 Å². The van der Waals surface area contributed by atoms with Crippen molar-refractivity contribution in [2.75, 3.05) is 19.5 Å². The number of ether oxygens (including phenoxy) is 1. The number of aromatic nitrogens is 2. The van der Waals surface area contributed by atoms with Gasteiger partial charge in [0.25, 0.3) is 0 Å². The van der Waals surface area contributed by atoms with Crippen LogP contribution in [0.25, 0.3) is 11.4 Å². The van der Waals surface area contributed by atoms with Gasteiger partial charge in [-0.15, -0.1) is 0 Å². The van der Waals surface area contributed by atoms with Gasteiger partial charge in [0.05, 0.1) is 15.9 Å². The number of anilines is 1. The van der Waals surface area contributed by atoms with Gasteiger partial charge in [0.15, 0.2) is 5.82 Å². The van der Waals surface area contributed by atoms with Crippen molar-refractivity contribution >= 4 is 44.3 Å². The summed E-state index contributed by atoms with van der Waals surface area (Å²) >= 11 is 5.71. The molecule has 0 unspecified atom stereocenters. The second-order valence-corrected chi connectivity index (χ2v) is 6.29. The fourth-order valence-electron chi connectivity index (χ4n) is 1.89. The molecular formula is C14H15BrIN3O. The van der Waals surface area contributed by atoms with Crippen LogP contribution in [0, 0.1) is 10.5 Å². The molecule has 106 valence electrons. The first-order valence-electron chi connectivity index (χ1n) is 6.06. The molecule has 1 N–H and O–H groups in total. The lowest BCUT2D eigenvalue weighted by Crippen LogP contribution is -2.06.